The maximum absolute atomic E-state index is 14.9. The molecule has 1 aliphatic rings. The zero-order valence-corrected chi connectivity index (χ0v) is 19.5. The molecule has 0 radical (unpaired) electrons. The second-order valence-electron chi connectivity index (χ2n) is 9.67. The monoisotopic (exact) mass is 559 g/mol. The summed E-state index contributed by atoms with van der Waals surface area (Å²) in [5.41, 5.74) is -2.75. The van der Waals surface area contributed by atoms with Gasteiger partial charge in [0.25, 0.3) is 0 Å². The van der Waals surface area contributed by atoms with Crippen molar-refractivity contribution in [3.05, 3.63) is 54.1 Å². The molecule has 0 spiro atoms. The lowest BCUT2D eigenvalue weighted by atomic mass is 9.59. The fraction of sp³-hybridized carbons (Fsp3) is 0.480. The Kier molecular flexibility index (Phi) is 7.00. The van der Waals surface area contributed by atoms with Gasteiger partial charge in [-0.3, -0.25) is 0 Å². The molecule has 0 saturated heterocycles. The third-order valence-corrected chi connectivity index (χ3v) is 7.34. The fourth-order valence-corrected chi connectivity index (χ4v) is 4.61. The van der Waals surface area contributed by atoms with Crippen molar-refractivity contribution in [3.63, 3.8) is 0 Å². The number of aromatic hydroxyl groups is 1. The molecule has 0 amide bonds. The van der Waals surface area contributed by atoms with Crippen LogP contribution in [0.25, 0.3) is 11.1 Å². The zero-order chi connectivity index (χ0) is 29.0. The Morgan fingerprint density at radius 2 is 1.08 bits per heavy atom. The van der Waals surface area contributed by atoms with Crippen LogP contribution in [0.2, 0.25) is 0 Å². The van der Waals surface area contributed by atoms with E-state index >= 15 is 0 Å². The maximum atomic E-state index is 14.9. The van der Waals surface area contributed by atoms with Crippen molar-refractivity contribution in [1.29, 1.82) is 5.26 Å². The molecular formula is C25H20F11NO. The Morgan fingerprint density at radius 1 is 0.658 bits per heavy atom. The number of nitrogens with zero attached hydrogens (tertiary/aromatic N) is 1. The predicted octanol–water partition coefficient (Wildman–Crippen LogP) is 8.50. The molecule has 1 fully saturated rings. The van der Waals surface area contributed by atoms with Crippen molar-refractivity contribution in [2.24, 2.45) is 5.41 Å². The van der Waals surface area contributed by atoms with Crippen molar-refractivity contribution >= 4 is 0 Å². The van der Waals surface area contributed by atoms with Crippen molar-refractivity contribution < 1.29 is 53.4 Å². The fourth-order valence-electron chi connectivity index (χ4n) is 4.61. The van der Waals surface area contributed by atoms with Crippen molar-refractivity contribution in [1.82, 2.24) is 0 Å². The van der Waals surface area contributed by atoms with Gasteiger partial charge in [-0.05, 0) is 59.9 Å². The van der Waals surface area contributed by atoms with Crippen LogP contribution < -0.4 is 0 Å². The highest BCUT2D eigenvalue weighted by molar-refractivity contribution is 5.64. The molecule has 2 aromatic rings. The second-order valence-corrected chi connectivity index (χ2v) is 9.67. The van der Waals surface area contributed by atoms with E-state index in [1.807, 2.05) is 0 Å². The van der Waals surface area contributed by atoms with Gasteiger partial charge in [-0.25, -0.2) is 0 Å². The van der Waals surface area contributed by atoms with Gasteiger partial charge < -0.3 is 5.11 Å². The summed E-state index contributed by atoms with van der Waals surface area (Å²) in [5, 5.41) is 18.7. The van der Waals surface area contributed by atoms with E-state index < -0.39 is 66.4 Å². The van der Waals surface area contributed by atoms with Crippen LogP contribution in [0.4, 0.5) is 48.3 Å². The van der Waals surface area contributed by atoms with E-state index in [0.717, 1.165) is 6.07 Å². The average molecular weight is 559 g/mol. The van der Waals surface area contributed by atoms with E-state index in [9.17, 15) is 58.7 Å². The van der Waals surface area contributed by atoms with E-state index in [1.54, 1.807) is 36.4 Å². The molecule has 0 heterocycles. The minimum absolute atomic E-state index is 0.0309. The highest BCUT2D eigenvalue weighted by Crippen LogP contribution is 2.64. The topological polar surface area (TPSA) is 44.0 Å². The molecule has 38 heavy (non-hydrogen) atoms. The lowest BCUT2D eigenvalue weighted by Crippen LogP contribution is -2.70. The summed E-state index contributed by atoms with van der Waals surface area (Å²) in [5.74, 6) is -28.5. The molecule has 0 unspecified atom stereocenters. The molecule has 3 rings (SSSR count). The Morgan fingerprint density at radius 3 is 1.47 bits per heavy atom. The Bertz CT molecular complexity index is 1190. The van der Waals surface area contributed by atoms with Crippen LogP contribution in [-0.4, -0.2) is 35.0 Å². The van der Waals surface area contributed by atoms with Gasteiger partial charge >= 0.3 is 29.9 Å². The third kappa shape index (κ3) is 4.25. The normalized spacial score (nSPS) is 23.7. The predicted molar refractivity (Wildman–Crippen MR) is 113 cm³/mol. The number of halogens is 11. The summed E-state index contributed by atoms with van der Waals surface area (Å²) in [6.07, 6.45) is -10.5. The molecule has 0 aromatic heterocycles. The number of phenolic OH excluding ortho intramolecular Hbond substituents is 1. The number of phenols is 1. The van der Waals surface area contributed by atoms with Gasteiger partial charge in [0, 0.05) is 0 Å². The first-order valence-electron chi connectivity index (χ1n) is 11.1. The molecule has 13 heteroatoms. The summed E-state index contributed by atoms with van der Waals surface area (Å²) in [6.45, 7) is 1.53. The van der Waals surface area contributed by atoms with Crippen LogP contribution in [-0.2, 0) is 5.41 Å². The summed E-state index contributed by atoms with van der Waals surface area (Å²) in [7, 11) is 0. The average Bonchev–Trinajstić information content (AvgIpc) is 2.84. The summed E-state index contributed by atoms with van der Waals surface area (Å²) in [6, 6.07) is 13.4. The molecule has 1 aliphatic carbocycles. The van der Waals surface area contributed by atoms with Gasteiger partial charge in [0.15, 0.2) is 0 Å². The van der Waals surface area contributed by atoms with Gasteiger partial charge in [0.2, 0.25) is 0 Å². The van der Waals surface area contributed by atoms with Crippen LogP contribution in [0.15, 0.2) is 48.5 Å². The van der Waals surface area contributed by atoms with Crippen molar-refractivity contribution in [3.8, 4) is 22.9 Å². The van der Waals surface area contributed by atoms with E-state index in [1.165, 1.54) is 19.1 Å². The minimum atomic E-state index is -7.55. The molecule has 0 aliphatic heterocycles. The Balaban J connectivity index is 1.89. The van der Waals surface area contributed by atoms with Crippen LogP contribution in [0.5, 0.6) is 5.75 Å². The van der Waals surface area contributed by atoms with E-state index in [4.69, 9.17) is 0 Å². The molecule has 1 N–H and O–H groups in total. The van der Waals surface area contributed by atoms with Crippen molar-refractivity contribution in [2.45, 2.75) is 67.9 Å². The second kappa shape index (κ2) is 9.02. The third-order valence-electron chi connectivity index (χ3n) is 7.34. The first-order chi connectivity index (χ1) is 17.2. The maximum Gasteiger partial charge on any atom is 0.460 e. The smallest absolute Gasteiger partial charge is 0.460 e. The quantitative estimate of drug-likeness (QED) is 0.361. The SMILES string of the molecule is CC1(c2ccc(-c3ccc(O)cc3)cc2)CCC(C#N)(C(F)(F)C(F)(F)C(F)(F)C(F)(F)C(F)(F)F)CC1. The highest BCUT2D eigenvalue weighted by Gasteiger charge is 2.89. The van der Waals surface area contributed by atoms with Crippen LogP contribution >= 0.6 is 0 Å². The van der Waals surface area contributed by atoms with E-state index in [2.05, 4.69) is 0 Å². The van der Waals surface area contributed by atoms with Gasteiger partial charge in [0.05, 0.1) is 6.07 Å². The van der Waals surface area contributed by atoms with Gasteiger partial charge in [-0.1, -0.05) is 43.3 Å². The first-order valence-corrected chi connectivity index (χ1v) is 11.1. The van der Waals surface area contributed by atoms with Crippen LogP contribution in [0.3, 0.4) is 0 Å². The highest BCUT2D eigenvalue weighted by atomic mass is 19.4. The number of benzene rings is 2. The largest absolute Gasteiger partial charge is 0.508 e. The molecular weight excluding hydrogens is 539 g/mol. The van der Waals surface area contributed by atoms with E-state index in [-0.39, 0.29) is 5.75 Å². The number of rotatable bonds is 6. The summed E-state index contributed by atoms with van der Waals surface area (Å²) >= 11 is 0. The van der Waals surface area contributed by atoms with Crippen LogP contribution in [0, 0.1) is 16.7 Å². The molecule has 1 saturated carbocycles. The standard InChI is InChI=1S/C25H20F11NO/c1-19(17-6-2-15(3-7-17)16-4-8-18(38)9-5-16)10-12-20(14-37,13-11-19)21(26,27)22(28,29)23(30,31)24(32,33)25(34,35)36/h2-9,38H,10-13H2,1H3. The Hall–Kier alpha value is -3.04. The van der Waals surface area contributed by atoms with Crippen LogP contribution in [0.1, 0.15) is 38.2 Å². The lowest BCUT2D eigenvalue weighted by Gasteiger charge is -2.48. The molecule has 0 atom stereocenters. The molecule has 2 nitrogen and oxygen atoms in total. The molecule has 0 bridgehead atoms. The first kappa shape index (κ1) is 29.5. The number of alkyl halides is 11. The summed E-state index contributed by atoms with van der Waals surface area (Å²) in [4.78, 5) is 0. The molecule has 208 valence electrons. The van der Waals surface area contributed by atoms with Crippen molar-refractivity contribution in [2.75, 3.05) is 0 Å². The Labute approximate surface area is 209 Å². The van der Waals surface area contributed by atoms with E-state index in [0.29, 0.717) is 16.7 Å². The van der Waals surface area contributed by atoms with Gasteiger partial charge in [-0.2, -0.15) is 53.6 Å². The number of nitriles is 1. The van der Waals surface area contributed by atoms with Gasteiger partial charge in [0.1, 0.15) is 11.2 Å². The zero-order valence-electron chi connectivity index (χ0n) is 19.5. The van der Waals surface area contributed by atoms with Gasteiger partial charge in [-0.15, -0.1) is 0 Å². The summed E-state index contributed by atoms with van der Waals surface area (Å²) < 4.78 is 150. The number of hydrogen-bond acceptors (Lipinski definition) is 2. The minimum Gasteiger partial charge on any atom is -0.508 e. The number of hydrogen-bond donors (Lipinski definition) is 1. The lowest BCUT2D eigenvalue weighted by molar-refractivity contribution is -0.431. The molecule has 2 aromatic carbocycles.